The molecule has 0 aromatic carbocycles. The van der Waals surface area contributed by atoms with E-state index < -0.39 is 17.6 Å². The molecule has 0 spiro atoms. The predicted octanol–water partition coefficient (Wildman–Crippen LogP) is 4.19. The Hall–Kier alpha value is -3.47. The number of alkyl halides is 3. The third-order valence-corrected chi connectivity index (χ3v) is 4.77. The Balaban J connectivity index is 0.00000240. The maximum Gasteiger partial charge on any atom is 0.418 e. The highest BCUT2D eigenvalue weighted by atomic mass is 32.1. The molecular formula is C17H13F3N6OS. The number of amides is 1. The van der Waals surface area contributed by atoms with E-state index in [1.54, 1.807) is 17.5 Å². The average Bonchev–Trinajstić information content (AvgIpc) is 3.27. The van der Waals surface area contributed by atoms with Gasteiger partial charge in [0.1, 0.15) is 16.5 Å². The molecule has 28 heavy (non-hydrogen) atoms. The number of aromatic amines is 1. The number of thiophene rings is 1. The smallest absolute Gasteiger partial charge is 0.366 e. The Morgan fingerprint density at radius 2 is 2.07 bits per heavy atom. The van der Waals surface area contributed by atoms with Crippen molar-refractivity contribution in [2.24, 2.45) is 5.73 Å². The van der Waals surface area contributed by atoms with Gasteiger partial charge in [-0.2, -0.15) is 18.3 Å². The van der Waals surface area contributed by atoms with Crippen LogP contribution in [0.2, 0.25) is 0 Å². The van der Waals surface area contributed by atoms with Gasteiger partial charge in [0.15, 0.2) is 5.65 Å². The fraction of sp³-hybridized carbons (Fsp3) is 0.0588. The molecule has 4 N–H and O–H groups in total. The number of carbonyl (C=O) groups excluding carboxylic acids is 1. The van der Waals surface area contributed by atoms with Crippen LogP contribution in [0.5, 0.6) is 0 Å². The highest BCUT2D eigenvalue weighted by Crippen LogP contribution is 2.38. The van der Waals surface area contributed by atoms with E-state index in [9.17, 15) is 18.0 Å². The van der Waals surface area contributed by atoms with Crippen LogP contribution in [0.1, 0.15) is 17.3 Å². The van der Waals surface area contributed by atoms with Gasteiger partial charge in [0, 0.05) is 13.0 Å². The van der Waals surface area contributed by atoms with E-state index >= 15 is 0 Å². The number of pyridine rings is 2. The van der Waals surface area contributed by atoms with E-state index in [1.165, 1.54) is 29.7 Å². The number of halogens is 3. The Kier molecular flexibility index (Phi) is 4.23. The van der Waals surface area contributed by atoms with Crippen LogP contribution in [0.3, 0.4) is 0 Å². The van der Waals surface area contributed by atoms with Gasteiger partial charge in [-0.05, 0) is 35.7 Å². The van der Waals surface area contributed by atoms with Gasteiger partial charge in [0.05, 0.1) is 16.8 Å². The molecule has 0 fully saturated rings. The van der Waals surface area contributed by atoms with Crippen LogP contribution < -0.4 is 11.1 Å². The molecule has 0 aliphatic heterocycles. The molecule has 4 aromatic rings. The molecule has 0 radical (unpaired) electrons. The Bertz CT molecular complexity index is 1190. The molecule has 144 valence electrons. The molecule has 4 heterocycles. The molecule has 0 bridgehead atoms. The normalized spacial score (nSPS) is 11.7. The molecule has 0 aliphatic carbocycles. The van der Waals surface area contributed by atoms with Gasteiger partial charge in [-0.25, -0.2) is 9.97 Å². The van der Waals surface area contributed by atoms with Crippen LogP contribution in [-0.2, 0) is 6.18 Å². The summed E-state index contributed by atoms with van der Waals surface area (Å²) < 4.78 is 40.6. The molecule has 7 nitrogen and oxygen atoms in total. The second kappa shape index (κ2) is 6.60. The van der Waals surface area contributed by atoms with Gasteiger partial charge in [-0.3, -0.25) is 9.89 Å². The van der Waals surface area contributed by atoms with Crippen LogP contribution in [0, 0.1) is 0 Å². The van der Waals surface area contributed by atoms with Gasteiger partial charge in [-0.1, -0.05) is 0 Å². The van der Waals surface area contributed by atoms with Crippen molar-refractivity contribution >= 4 is 39.1 Å². The van der Waals surface area contributed by atoms with Gasteiger partial charge in [0.2, 0.25) is 0 Å². The lowest BCUT2D eigenvalue weighted by atomic mass is 10.1. The van der Waals surface area contributed by atoms with E-state index in [-0.39, 0.29) is 29.8 Å². The number of rotatable bonds is 4. The number of nitrogens with one attached hydrogen (secondary N) is 2. The summed E-state index contributed by atoms with van der Waals surface area (Å²) in [7, 11) is 0. The van der Waals surface area contributed by atoms with Crippen molar-refractivity contribution in [3.8, 4) is 11.4 Å². The minimum Gasteiger partial charge on any atom is -0.366 e. The standard InChI is InChI=1S/C17H11F3N6OS.H2/c18-17(19,20)10-3-4-11(24-16-9(14(21)27)5-7-28-16)23-13(10)12-8-2-1-6-22-15(8)26-25-12;/h1-7H,(H2,21,27)(H,23,24)(H,22,25,26);1H. The lowest BCUT2D eigenvalue weighted by Crippen LogP contribution is -2.12. The SMILES string of the molecule is NC(=O)c1ccsc1Nc1ccc(C(F)(F)F)c(-c2[nH]nc3ncccc23)n1.[HH]. The zero-order valence-corrected chi connectivity index (χ0v) is 14.7. The summed E-state index contributed by atoms with van der Waals surface area (Å²) in [6, 6.07) is 6.84. The number of primary amides is 1. The molecule has 0 atom stereocenters. The van der Waals surface area contributed by atoms with E-state index in [0.717, 1.165) is 6.07 Å². The third kappa shape index (κ3) is 3.16. The maximum absolute atomic E-state index is 13.5. The molecular weight excluding hydrogens is 393 g/mol. The number of fused-ring (bicyclic) bond motifs is 1. The number of hydrogen-bond acceptors (Lipinski definition) is 6. The summed E-state index contributed by atoms with van der Waals surface area (Å²) in [5.41, 5.74) is 4.65. The zero-order valence-electron chi connectivity index (χ0n) is 13.9. The first-order valence-electron chi connectivity index (χ1n) is 7.86. The first-order valence-corrected chi connectivity index (χ1v) is 8.74. The second-order valence-corrected chi connectivity index (χ2v) is 6.63. The van der Waals surface area contributed by atoms with Gasteiger partial charge in [-0.15, -0.1) is 11.3 Å². The largest absolute Gasteiger partial charge is 0.418 e. The molecule has 11 heteroatoms. The average molecular weight is 406 g/mol. The number of anilines is 2. The zero-order chi connectivity index (χ0) is 19.9. The van der Waals surface area contributed by atoms with Crippen LogP contribution in [-0.4, -0.2) is 26.1 Å². The molecule has 0 saturated carbocycles. The highest BCUT2D eigenvalue weighted by Gasteiger charge is 2.35. The lowest BCUT2D eigenvalue weighted by Gasteiger charge is -2.13. The predicted molar refractivity (Wildman–Crippen MR) is 100 cm³/mol. The molecule has 4 rings (SSSR count). The lowest BCUT2D eigenvalue weighted by molar-refractivity contribution is -0.137. The molecule has 1 amide bonds. The fourth-order valence-corrected chi connectivity index (χ4v) is 3.49. The first kappa shape index (κ1) is 17.9. The summed E-state index contributed by atoms with van der Waals surface area (Å²) in [5.74, 6) is -0.527. The third-order valence-electron chi connectivity index (χ3n) is 3.94. The highest BCUT2D eigenvalue weighted by molar-refractivity contribution is 7.14. The van der Waals surface area contributed by atoms with Crippen LogP contribution in [0.4, 0.5) is 24.0 Å². The summed E-state index contributed by atoms with van der Waals surface area (Å²) in [4.78, 5) is 19.6. The summed E-state index contributed by atoms with van der Waals surface area (Å²) in [6.45, 7) is 0. The second-order valence-electron chi connectivity index (χ2n) is 5.72. The van der Waals surface area contributed by atoms with Crippen molar-refractivity contribution in [1.82, 2.24) is 20.2 Å². The molecule has 0 aliphatic rings. The quantitative estimate of drug-likeness (QED) is 0.471. The number of nitrogens with two attached hydrogens (primary N) is 1. The van der Waals surface area contributed by atoms with Crippen molar-refractivity contribution in [1.29, 1.82) is 0 Å². The molecule has 0 unspecified atom stereocenters. The Morgan fingerprint density at radius 1 is 1.25 bits per heavy atom. The minimum atomic E-state index is -4.62. The fourth-order valence-electron chi connectivity index (χ4n) is 2.70. The van der Waals surface area contributed by atoms with E-state index in [1.807, 2.05) is 0 Å². The number of nitrogens with zero attached hydrogens (tertiary/aromatic N) is 3. The topological polar surface area (TPSA) is 110 Å². The van der Waals surface area contributed by atoms with E-state index in [4.69, 9.17) is 5.73 Å². The summed E-state index contributed by atoms with van der Waals surface area (Å²) >= 11 is 1.18. The van der Waals surface area contributed by atoms with Crippen molar-refractivity contribution < 1.29 is 19.4 Å². The van der Waals surface area contributed by atoms with Gasteiger partial charge < -0.3 is 11.1 Å². The van der Waals surface area contributed by atoms with Crippen molar-refractivity contribution in [3.05, 3.63) is 53.0 Å². The summed E-state index contributed by atoms with van der Waals surface area (Å²) in [5, 5.41) is 11.8. The maximum atomic E-state index is 13.5. The number of H-pyrrole nitrogens is 1. The number of carbonyl (C=O) groups is 1. The Labute approximate surface area is 160 Å². The number of hydrogen-bond donors (Lipinski definition) is 3. The molecule has 4 aromatic heterocycles. The van der Waals surface area contributed by atoms with E-state index in [0.29, 0.717) is 10.4 Å². The first-order chi connectivity index (χ1) is 13.3. The monoisotopic (exact) mass is 406 g/mol. The van der Waals surface area contributed by atoms with Crippen LogP contribution in [0.15, 0.2) is 41.9 Å². The van der Waals surface area contributed by atoms with Gasteiger partial charge >= 0.3 is 6.18 Å². The van der Waals surface area contributed by atoms with E-state index in [2.05, 4.69) is 25.5 Å². The van der Waals surface area contributed by atoms with Gasteiger partial charge in [0.25, 0.3) is 5.91 Å². The molecule has 0 saturated heterocycles. The Morgan fingerprint density at radius 3 is 2.82 bits per heavy atom. The van der Waals surface area contributed by atoms with Crippen molar-refractivity contribution in [2.45, 2.75) is 6.18 Å². The number of aromatic nitrogens is 4. The summed E-state index contributed by atoms with van der Waals surface area (Å²) in [6.07, 6.45) is -3.13. The minimum absolute atomic E-state index is 0. The van der Waals surface area contributed by atoms with Crippen molar-refractivity contribution in [2.75, 3.05) is 5.32 Å². The van der Waals surface area contributed by atoms with Crippen LogP contribution >= 0.6 is 11.3 Å². The van der Waals surface area contributed by atoms with Crippen LogP contribution in [0.25, 0.3) is 22.4 Å². The van der Waals surface area contributed by atoms with Crippen molar-refractivity contribution in [3.63, 3.8) is 0 Å².